The Kier molecular flexibility index (Phi) is 4.57. The number of rotatable bonds is 5. The van der Waals surface area contributed by atoms with E-state index in [2.05, 4.69) is 20.3 Å². The van der Waals surface area contributed by atoms with E-state index in [1.165, 1.54) is 10.9 Å². The molecule has 10 heteroatoms. The van der Waals surface area contributed by atoms with E-state index in [0.717, 1.165) is 0 Å². The lowest BCUT2D eigenvalue weighted by atomic mass is 9.98. The SMILES string of the molecule is CCC[C@@]1(n2cnc3c(NC)nc(C#N)nc32)O[C@H](CO)[C@@H](O)[C@H]1O. The van der Waals surface area contributed by atoms with Crippen LogP contribution in [0.5, 0.6) is 0 Å². The molecule has 0 aromatic carbocycles. The monoisotopic (exact) mass is 348 g/mol. The molecule has 0 spiro atoms. The third kappa shape index (κ3) is 2.52. The molecule has 1 aliphatic heterocycles. The Morgan fingerprint density at radius 1 is 1.44 bits per heavy atom. The molecule has 2 aromatic rings. The third-order valence-electron chi connectivity index (χ3n) is 4.45. The zero-order valence-electron chi connectivity index (χ0n) is 13.9. The maximum absolute atomic E-state index is 10.7. The van der Waals surface area contributed by atoms with Crippen LogP contribution in [0.15, 0.2) is 6.33 Å². The fourth-order valence-electron chi connectivity index (χ4n) is 3.30. The van der Waals surface area contributed by atoms with Crippen molar-refractivity contribution in [2.24, 2.45) is 0 Å². The first-order valence-electron chi connectivity index (χ1n) is 8.00. The van der Waals surface area contributed by atoms with Crippen LogP contribution in [0.4, 0.5) is 5.82 Å². The lowest BCUT2D eigenvalue weighted by Crippen LogP contribution is -2.45. The van der Waals surface area contributed by atoms with Gasteiger partial charge in [-0.1, -0.05) is 13.3 Å². The fraction of sp³-hybridized carbons (Fsp3) is 0.600. The zero-order chi connectivity index (χ0) is 18.2. The number of imidazole rings is 1. The molecule has 0 radical (unpaired) electrons. The Morgan fingerprint density at radius 3 is 2.76 bits per heavy atom. The average molecular weight is 348 g/mol. The molecule has 0 saturated carbocycles. The summed E-state index contributed by atoms with van der Waals surface area (Å²) in [5.74, 6) is 0.315. The highest BCUT2D eigenvalue weighted by Gasteiger charge is 2.55. The van der Waals surface area contributed by atoms with Crippen molar-refractivity contribution in [1.29, 1.82) is 5.26 Å². The lowest BCUT2D eigenvalue weighted by Gasteiger charge is -2.33. The van der Waals surface area contributed by atoms with Gasteiger partial charge in [-0.25, -0.2) is 4.98 Å². The average Bonchev–Trinajstić information content (AvgIpc) is 3.16. The molecule has 10 nitrogen and oxygen atoms in total. The van der Waals surface area contributed by atoms with E-state index in [0.29, 0.717) is 29.8 Å². The molecule has 4 atom stereocenters. The summed E-state index contributed by atoms with van der Waals surface area (Å²) in [5, 5.41) is 42.4. The summed E-state index contributed by atoms with van der Waals surface area (Å²) in [6, 6.07) is 1.89. The lowest BCUT2D eigenvalue weighted by molar-refractivity contribution is -0.150. The van der Waals surface area contributed by atoms with E-state index in [1.54, 1.807) is 7.05 Å². The Bertz CT molecular complexity index is 818. The molecule has 4 N–H and O–H groups in total. The Hall–Kier alpha value is -2.32. The van der Waals surface area contributed by atoms with Crippen molar-refractivity contribution in [2.75, 3.05) is 19.0 Å². The molecule has 25 heavy (non-hydrogen) atoms. The highest BCUT2D eigenvalue weighted by Crippen LogP contribution is 2.41. The van der Waals surface area contributed by atoms with Gasteiger partial charge in [0.05, 0.1) is 12.9 Å². The number of nitrogens with one attached hydrogen (secondary N) is 1. The second-order valence-corrected chi connectivity index (χ2v) is 5.91. The van der Waals surface area contributed by atoms with Gasteiger partial charge in [-0.3, -0.25) is 4.57 Å². The molecule has 2 aromatic heterocycles. The maximum atomic E-state index is 10.7. The number of hydrogen-bond donors (Lipinski definition) is 4. The number of aliphatic hydroxyl groups is 3. The summed E-state index contributed by atoms with van der Waals surface area (Å²) in [5.41, 5.74) is -0.633. The summed E-state index contributed by atoms with van der Waals surface area (Å²) < 4.78 is 7.38. The van der Waals surface area contributed by atoms with Gasteiger partial charge in [0, 0.05) is 7.05 Å². The number of nitrogens with zero attached hydrogens (tertiary/aromatic N) is 5. The molecule has 1 aliphatic rings. The molecule has 1 saturated heterocycles. The van der Waals surface area contributed by atoms with Crippen LogP contribution in [0.1, 0.15) is 25.6 Å². The Labute approximate surface area is 143 Å². The zero-order valence-corrected chi connectivity index (χ0v) is 13.9. The van der Waals surface area contributed by atoms with Crippen LogP contribution in [-0.2, 0) is 10.5 Å². The first-order chi connectivity index (χ1) is 12.0. The third-order valence-corrected chi connectivity index (χ3v) is 4.45. The maximum Gasteiger partial charge on any atom is 0.236 e. The first kappa shape index (κ1) is 17.5. The second kappa shape index (κ2) is 6.53. The van der Waals surface area contributed by atoms with Gasteiger partial charge in [0.1, 0.15) is 24.4 Å². The Balaban J connectivity index is 2.23. The second-order valence-electron chi connectivity index (χ2n) is 5.91. The van der Waals surface area contributed by atoms with E-state index >= 15 is 0 Å². The fourth-order valence-corrected chi connectivity index (χ4v) is 3.30. The normalized spacial score (nSPS) is 29.0. The molecule has 1 fully saturated rings. The summed E-state index contributed by atoms with van der Waals surface area (Å²) >= 11 is 0. The smallest absolute Gasteiger partial charge is 0.236 e. The quantitative estimate of drug-likeness (QED) is 0.550. The number of nitriles is 1. The van der Waals surface area contributed by atoms with Gasteiger partial charge in [-0.05, 0) is 6.42 Å². The van der Waals surface area contributed by atoms with Crippen molar-refractivity contribution in [3.05, 3.63) is 12.2 Å². The first-order valence-corrected chi connectivity index (χ1v) is 8.00. The van der Waals surface area contributed by atoms with Crippen molar-refractivity contribution < 1.29 is 20.1 Å². The van der Waals surface area contributed by atoms with E-state index in [4.69, 9.17) is 10.00 Å². The molecule has 0 unspecified atom stereocenters. The molecular weight excluding hydrogens is 328 g/mol. The molecule has 0 aliphatic carbocycles. The van der Waals surface area contributed by atoms with Gasteiger partial charge in [0.25, 0.3) is 0 Å². The molecule has 3 rings (SSSR count). The predicted molar refractivity (Wildman–Crippen MR) is 86.4 cm³/mol. The van der Waals surface area contributed by atoms with Crippen LogP contribution >= 0.6 is 0 Å². The van der Waals surface area contributed by atoms with Crippen LogP contribution < -0.4 is 5.32 Å². The van der Waals surface area contributed by atoms with Crippen LogP contribution in [0, 0.1) is 11.3 Å². The number of aliphatic hydroxyl groups excluding tert-OH is 3. The number of hydrogen-bond acceptors (Lipinski definition) is 9. The highest BCUT2D eigenvalue weighted by molar-refractivity contribution is 5.83. The minimum absolute atomic E-state index is 0.0583. The van der Waals surface area contributed by atoms with Gasteiger partial charge in [-0.15, -0.1) is 0 Å². The van der Waals surface area contributed by atoms with Crippen LogP contribution in [0.3, 0.4) is 0 Å². The van der Waals surface area contributed by atoms with Crippen molar-refractivity contribution in [1.82, 2.24) is 19.5 Å². The van der Waals surface area contributed by atoms with E-state index < -0.39 is 30.6 Å². The molecule has 134 valence electrons. The summed E-state index contributed by atoms with van der Waals surface area (Å²) in [6.07, 6.45) is -1.05. The summed E-state index contributed by atoms with van der Waals surface area (Å²) in [4.78, 5) is 12.5. The summed E-state index contributed by atoms with van der Waals surface area (Å²) in [6.45, 7) is 1.47. The van der Waals surface area contributed by atoms with Crippen molar-refractivity contribution >= 4 is 17.0 Å². The number of fused-ring (bicyclic) bond motifs is 1. The van der Waals surface area contributed by atoms with Crippen LogP contribution in [0.2, 0.25) is 0 Å². The van der Waals surface area contributed by atoms with Gasteiger partial charge < -0.3 is 25.4 Å². The summed E-state index contributed by atoms with van der Waals surface area (Å²) in [7, 11) is 1.65. The van der Waals surface area contributed by atoms with Gasteiger partial charge in [0.2, 0.25) is 5.82 Å². The van der Waals surface area contributed by atoms with Gasteiger partial charge in [-0.2, -0.15) is 15.2 Å². The molecule has 0 bridgehead atoms. The molecule has 0 amide bonds. The number of aromatic nitrogens is 4. The molecule has 3 heterocycles. The van der Waals surface area contributed by atoms with E-state index in [-0.39, 0.29) is 5.82 Å². The van der Waals surface area contributed by atoms with Gasteiger partial charge in [0.15, 0.2) is 22.7 Å². The topological polar surface area (TPSA) is 149 Å². The van der Waals surface area contributed by atoms with Crippen molar-refractivity contribution in [3.8, 4) is 6.07 Å². The number of ether oxygens (including phenoxy) is 1. The predicted octanol–water partition coefficient (Wildman–Crippen LogP) is -0.695. The van der Waals surface area contributed by atoms with E-state index in [9.17, 15) is 15.3 Å². The minimum Gasteiger partial charge on any atom is -0.394 e. The van der Waals surface area contributed by atoms with Gasteiger partial charge >= 0.3 is 0 Å². The largest absolute Gasteiger partial charge is 0.394 e. The van der Waals surface area contributed by atoms with Crippen molar-refractivity contribution in [3.63, 3.8) is 0 Å². The van der Waals surface area contributed by atoms with E-state index in [1.807, 2.05) is 13.0 Å². The standard InChI is InChI=1S/C15H20N6O4/c1-3-4-15(12(24)11(23)8(6-22)25-15)21-7-18-10-13(17-2)19-9(5-16)20-14(10)21/h7-8,11-12,22-24H,3-4,6H2,1-2H3,(H,17,19,20)/t8-,11-,12-,15-/m1/s1. The minimum atomic E-state index is -1.34. The van der Waals surface area contributed by atoms with Crippen LogP contribution in [0.25, 0.3) is 11.2 Å². The number of anilines is 1. The highest BCUT2D eigenvalue weighted by atomic mass is 16.6. The Morgan fingerprint density at radius 2 is 2.20 bits per heavy atom. The van der Waals surface area contributed by atoms with Crippen molar-refractivity contribution in [2.45, 2.75) is 43.8 Å². The van der Waals surface area contributed by atoms with Crippen LogP contribution in [-0.4, -0.2) is 66.8 Å². The molecular formula is C15H20N6O4.